The Balaban J connectivity index is 1.59. The van der Waals surface area contributed by atoms with E-state index in [4.69, 9.17) is 0 Å². The summed E-state index contributed by atoms with van der Waals surface area (Å²) in [5, 5.41) is 6.00. The third-order valence-corrected chi connectivity index (χ3v) is 4.91. The molecule has 2 aromatic carbocycles. The minimum atomic E-state index is -0.176. The molecule has 1 aliphatic carbocycles. The number of hydrogen-bond donors (Lipinski definition) is 2. The van der Waals surface area contributed by atoms with E-state index in [9.17, 15) is 9.59 Å². The Morgan fingerprint density at radius 1 is 0.769 bits per heavy atom. The van der Waals surface area contributed by atoms with Crippen LogP contribution in [0.25, 0.3) is 0 Å². The second-order valence-corrected chi connectivity index (χ2v) is 7.06. The van der Waals surface area contributed by atoms with Crippen LogP contribution in [0.4, 0.5) is 5.69 Å². The molecule has 0 saturated heterocycles. The first-order valence-electron chi connectivity index (χ1n) is 9.41. The molecule has 0 aliphatic heterocycles. The van der Waals surface area contributed by atoms with Crippen molar-refractivity contribution in [3.63, 3.8) is 0 Å². The monoisotopic (exact) mass is 350 g/mol. The number of amides is 2. The summed E-state index contributed by atoms with van der Waals surface area (Å²) in [6.07, 6.45) is 7.01. The van der Waals surface area contributed by atoms with Crippen molar-refractivity contribution < 1.29 is 9.59 Å². The molecule has 26 heavy (non-hydrogen) atoms. The van der Waals surface area contributed by atoms with Crippen LogP contribution in [0.3, 0.4) is 0 Å². The largest absolute Gasteiger partial charge is 0.349 e. The topological polar surface area (TPSA) is 58.2 Å². The zero-order valence-electron chi connectivity index (χ0n) is 15.3. The number of anilines is 1. The molecule has 4 nitrogen and oxygen atoms in total. The number of hydrogen-bond acceptors (Lipinski definition) is 2. The molecular weight excluding hydrogens is 324 g/mol. The zero-order chi connectivity index (χ0) is 18.4. The van der Waals surface area contributed by atoms with E-state index in [1.54, 1.807) is 24.3 Å². The Labute approximate surface area is 155 Å². The Morgan fingerprint density at radius 2 is 1.31 bits per heavy atom. The highest BCUT2D eigenvalue weighted by molar-refractivity contribution is 6.05. The number of rotatable bonds is 4. The minimum absolute atomic E-state index is 0.0533. The van der Waals surface area contributed by atoms with Gasteiger partial charge in [0.25, 0.3) is 11.8 Å². The lowest BCUT2D eigenvalue weighted by atomic mass is 10.1. The summed E-state index contributed by atoms with van der Waals surface area (Å²) in [6.45, 7) is 2.00. The van der Waals surface area contributed by atoms with Crippen LogP contribution in [0.1, 0.15) is 64.8 Å². The molecule has 4 heteroatoms. The molecule has 2 aromatic rings. The van der Waals surface area contributed by atoms with E-state index < -0.39 is 0 Å². The van der Waals surface area contributed by atoms with Gasteiger partial charge in [-0.3, -0.25) is 9.59 Å². The van der Waals surface area contributed by atoms with Crippen LogP contribution >= 0.6 is 0 Å². The number of carbonyl (C=O) groups excluding carboxylic acids is 2. The molecule has 1 aliphatic rings. The highest BCUT2D eigenvalue weighted by atomic mass is 16.2. The van der Waals surface area contributed by atoms with E-state index in [0.717, 1.165) is 24.1 Å². The summed E-state index contributed by atoms with van der Waals surface area (Å²) in [5.41, 5.74) is 3.04. The number of aryl methyl sites for hydroxylation is 1. The lowest BCUT2D eigenvalue weighted by molar-refractivity contribution is 0.0932. The van der Waals surface area contributed by atoms with Crippen molar-refractivity contribution >= 4 is 17.5 Å². The van der Waals surface area contributed by atoms with Crippen molar-refractivity contribution in [1.29, 1.82) is 0 Å². The first-order chi connectivity index (χ1) is 12.6. The molecule has 3 rings (SSSR count). The number of carbonyl (C=O) groups is 2. The lowest BCUT2D eigenvalue weighted by Gasteiger charge is -2.16. The number of nitrogens with one attached hydrogen (secondary N) is 2. The zero-order valence-corrected chi connectivity index (χ0v) is 15.3. The fourth-order valence-electron chi connectivity index (χ4n) is 3.31. The molecule has 2 amide bonds. The Bertz CT molecular complexity index is 743. The van der Waals surface area contributed by atoms with E-state index in [1.165, 1.54) is 25.7 Å². The quantitative estimate of drug-likeness (QED) is 0.785. The maximum Gasteiger partial charge on any atom is 0.255 e. The van der Waals surface area contributed by atoms with Crippen LogP contribution in [0.2, 0.25) is 0 Å². The van der Waals surface area contributed by atoms with E-state index in [0.29, 0.717) is 11.1 Å². The van der Waals surface area contributed by atoms with Gasteiger partial charge < -0.3 is 10.6 Å². The van der Waals surface area contributed by atoms with E-state index in [1.807, 2.05) is 31.2 Å². The van der Waals surface area contributed by atoms with Gasteiger partial charge in [0.05, 0.1) is 0 Å². The van der Waals surface area contributed by atoms with Gasteiger partial charge in [-0.15, -0.1) is 0 Å². The van der Waals surface area contributed by atoms with Crippen LogP contribution in [0.5, 0.6) is 0 Å². The molecule has 2 N–H and O–H groups in total. The van der Waals surface area contributed by atoms with Gasteiger partial charge >= 0.3 is 0 Å². The summed E-state index contributed by atoms with van der Waals surface area (Å²) in [5.74, 6) is -0.230. The van der Waals surface area contributed by atoms with Gasteiger partial charge in [-0.25, -0.2) is 0 Å². The highest BCUT2D eigenvalue weighted by Gasteiger charge is 2.16. The average molecular weight is 350 g/mol. The van der Waals surface area contributed by atoms with Crippen LogP contribution in [-0.2, 0) is 0 Å². The summed E-state index contributed by atoms with van der Waals surface area (Å²) >= 11 is 0. The average Bonchev–Trinajstić information content (AvgIpc) is 2.92. The minimum Gasteiger partial charge on any atom is -0.349 e. The predicted molar refractivity (Wildman–Crippen MR) is 105 cm³/mol. The van der Waals surface area contributed by atoms with Crippen molar-refractivity contribution in [2.75, 3.05) is 5.32 Å². The second-order valence-electron chi connectivity index (χ2n) is 7.06. The second kappa shape index (κ2) is 8.65. The summed E-state index contributed by atoms with van der Waals surface area (Å²) in [6, 6.07) is 14.8. The van der Waals surface area contributed by atoms with Crippen LogP contribution < -0.4 is 10.6 Å². The van der Waals surface area contributed by atoms with Gasteiger partial charge in [-0.1, -0.05) is 43.4 Å². The smallest absolute Gasteiger partial charge is 0.255 e. The molecule has 0 aromatic heterocycles. The predicted octanol–water partition coefficient (Wildman–Crippen LogP) is 4.70. The molecular formula is C22H26N2O2. The Kier molecular flexibility index (Phi) is 6.05. The van der Waals surface area contributed by atoms with Gasteiger partial charge in [0, 0.05) is 22.9 Å². The summed E-state index contributed by atoms with van der Waals surface area (Å²) in [7, 11) is 0. The van der Waals surface area contributed by atoms with Crippen LogP contribution in [0, 0.1) is 6.92 Å². The van der Waals surface area contributed by atoms with Crippen molar-refractivity contribution in [3.05, 3.63) is 65.2 Å². The molecule has 0 unspecified atom stereocenters. The molecule has 1 fully saturated rings. The van der Waals surface area contributed by atoms with E-state index in [-0.39, 0.29) is 17.9 Å². The van der Waals surface area contributed by atoms with E-state index >= 15 is 0 Å². The third-order valence-electron chi connectivity index (χ3n) is 4.91. The first kappa shape index (κ1) is 18.2. The SMILES string of the molecule is Cc1ccc(NC(=O)c2ccc(C(=O)NC3CCCCCC3)cc2)cc1. The van der Waals surface area contributed by atoms with Crippen molar-refractivity contribution in [2.45, 2.75) is 51.5 Å². The highest BCUT2D eigenvalue weighted by Crippen LogP contribution is 2.18. The molecule has 0 heterocycles. The van der Waals surface area contributed by atoms with Crippen molar-refractivity contribution in [2.24, 2.45) is 0 Å². The summed E-state index contributed by atoms with van der Waals surface area (Å²) < 4.78 is 0. The van der Waals surface area contributed by atoms with Crippen molar-refractivity contribution in [1.82, 2.24) is 5.32 Å². The molecule has 1 saturated carbocycles. The standard InChI is InChI=1S/C22H26N2O2/c1-16-8-14-20(15-9-16)24-22(26)18-12-10-17(11-13-18)21(25)23-19-6-4-2-3-5-7-19/h8-15,19H,2-7H2,1H3,(H,23,25)(H,24,26). The fraction of sp³-hybridized carbons (Fsp3) is 0.364. The van der Waals surface area contributed by atoms with Gasteiger partial charge in [-0.2, -0.15) is 0 Å². The fourth-order valence-corrected chi connectivity index (χ4v) is 3.31. The van der Waals surface area contributed by atoms with Crippen molar-refractivity contribution in [3.8, 4) is 0 Å². The molecule has 0 bridgehead atoms. The maximum atomic E-state index is 12.4. The Hall–Kier alpha value is -2.62. The first-order valence-corrected chi connectivity index (χ1v) is 9.41. The maximum absolute atomic E-state index is 12.4. The molecule has 0 atom stereocenters. The van der Waals surface area contributed by atoms with E-state index in [2.05, 4.69) is 10.6 Å². The van der Waals surface area contributed by atoms with Gasteiger partial charge in [0.15, 0.2) is 0 Å². The van der Waals surface area contributed by atoms with Crippen LogP contribution in [0.15, 0.2) is 48.5 Å². The van der Waals surface area contributed by atoms with Gasteiger partial charge in [0.2, 0.25) is 0 Å². The van der Waals surface area contributed by atoms with Crippen LogP contribution in [-0.4, -0.2) is 17.9 Å². The van der Waals surface area contributed by atoms with Gasteiger partial charge in [-0.05, 0) is 56.2 Å². The lowest BCUT2D eigenvalue weighted by Crippen LogP contribution is -2.34. The number of benzene rings is 2. The van der Waals surface area contributed by atoms with Gasteiger partial charge in [0.1, 0.15) is 0 Å². The molecule has 0 radical (unpaired) electrons. The molecule has 0 spiro atoms. The Morgan fingerprint density at radius 3 is 1.88 bits per heavy atom. The molecule has 136 valence electrons. The normalized spacial score (nSPS) is 15.1. The third kappa shape index (κ3) is 4.94. The summed E-state index contributed by atoms with van der Waals surface area (Å²) in [4.78, 5) is 24.7.